The lowest BCUT2D eigenvalue weighted by Gasteiger charge is -2.36. The smallest absolute Gasteiger partial charge is 0.162 e. The van der Waals surface area contributed by atoms with E-state index in [9.17, 15) is 8.78 Å². The van der Waals surface area contributed by atoms with Crippen molar-refractivity contribution in [1.82, 2.24) is 5.32 Å². The quantitative estimate of drug-likeness (QED) is 0.863. The Balaban J connectivity index is 2.97. The number of nitrogens with one attached hydrogen (secondary N) is 1. The molecule has 0 saturated heterocycles. The van der Waals surface area contributed by atoms with Crippen molar-refractivity contribution in [1.29, 1.82) is 0 Å². The van der Waals surface area contributed by atoms with Crippen LogP contribution in [0.15, 0.2) is 18.2 Å². The first-order valence-electron chi connectivity index (χ1n) is 7.03. The van der Waals surface area contributed by atoms with Gasteiger partial charge in [0.15, 0.2) is 11.6 Å². The second kappa shape index (κ2) is 7.14. The summed E-state index contributed by atoms with van der Waals surface area (Å²) < 4.78 is 32.9. The number of ether oxygens (including phenoxy) is 1. The highest BCUT2D eigenvalue weighted by atomic mass is 19.2. The Bertz CT molecular complexity index is 429. The van der Waals surface area contributed by atoms with Crippen LogP contribution < -0.4 is 5.32 Å². The topological polar surface area (TPSA) is 21.3 Å². The second-order valence-electron chi connectivity index (χ2n) is 6.05. The van der Waals surface area contributed by atoms with Crippen LogP contribution in [0.2, 0.25) is 0 Å². The van der Waals surface area contributed by atoms with Crippen molar-refractivity contribution in [3.63, 3.8) is 0 Å². The molecule has 0 spiro atoms. The van der Waals surface area contributed by atoms with Gasteiger partial charge in [0, 0.05) is 12.6 Å². The van der Waals surface area contributed by atoms with Gasteiger partial charge in [-0.25, -0.2) is 8.78 Å². The molecule has 0 fully saturated rings. The van der Waals surface area contributed by atoms with Gasteiger partial charge in [-0.2, -0.15) is 0 Å². The summed E-state index contributed by atoms with van der Waals surface area (Å²) in [5.74, 6) is -1.57. The van der Waals surface area contributed by atoms with Crippen LogP contribution in [0.3, 0.4) is 0 Å². The molecule has 1 aromatic carbocycles. The maximum atomic E-state index is 13.8. The van der Waals surface area contributed by atoms with Crippen molar-refractivity contribution in [3.05, 3.63) is 35.4 Å². The molecule has 1 aromatic rings. The van der Waals surface area contributed by atoms with E-state index in [1.165, 1.54) is 6.07 Å². The van der Waals surface area contributed by atoms with Crippen LogP contribution in [0.25, 0.3) is 0 Å². The molecule has 0 heterocycles. The molecule has 2 nitrogen and oxygen atoms in total. The van der Waals surface area contributed by atoms with Crippen LogP contribution in [-0.2, 0) is 11.2 Å². The van der Waals surface area contributed by atoms with E-state index < -0.39 is 11.6 Å². The predicted octanol–water partition coefficient (Wildman–Crippen LogP) is 3.55. The molecule has 20 heavy (non-hydrogen) atoms. The summed E-state index contributed by atoms with van der Waals surface area (Å²) in [5.41, 5.74) is 0.284. The fourth-order valence-electron chi connectivity index (χ4n) is 2.45. The average molecular weight is 285 g/mol. The summed E-state index contributed by atoms with van der Waals surface area (Å²) in [6, 6.07) is 4.21. The Morgan fingerprint density at radius 3 is 2.40 bits per heavy atom. The number of halogens is 2. The van der Waals surface area contributed by atoms with Gasteiger partial charge < -0.3 is 10.1 Å². The number of benzene rings is 1. The van der Waals surface area contributed by atoms with Gasteiger partial charge in [-0.15, -0.1) is 0 Å². The van der Waals surface area contributed by atoms with Crippen molar-refractivity contribution in [2.75, 3.05) is 13.7 Å². The van der Waals surface area contributed by atoms with Crippen LogP contribution in [-0.4, -0.2) is 25.8 Å². The molecule has 114 valence electrons. The number of hydrogen-bond acceptors (Lipinski definition) is 2. The monoisotopic (exact) mass is 285 g/mol. The zero-order chi connectivity index (χ0) is 15.3. The molecular formula is C16H25F2NO. The van der Waals surface area contributed by atoms with E-state index >= 15 is 0 Å². The highest BCUT2D eigenvalue weighted by molar-refractivity contribution is 5.20. The third-order valence-corrected chi connectivity index (χ3v) is 3.41. The first kappa shape index (κ1) is 17.1. The van der Waals surface area contributed by atoms with Gasteiger partial charge in [0.05, 0.1) is 6.10 Å². The molecule has 2 atom stereocenters. The highest BCUT2D eigenvalue weighted by Gasteiger charge is 2.32. The summed E-state index contributed by atoms with van der Waals surface area (Å²) in [7, 11) is 1.82. The molecule has 0 radical (unpaired) electrons. The molecule has 2 unspecified atom stereocenters. The summed E-state index contributed by atoms with van der Waals surface area (Å²) in [6.45, 7) is 8.78. The van der Waals surface area contributed by atoms with E-state index in [2.05, 4.69) is 26.1 Å². The lowest BCUT2D eigenvalue weighted by molar-refractivity contribution is -0.0342. The van der Waals surface area contributed by atoms with Gasteiger partial charge >= 0.3 is 0 Å². The molecule has 1 N–H and O–H groups in total. The molecule has 0 aliphatic carbocycles. The normalized spacial score (nSPS) is 15.2. The predicted molar refractivity (Wildman–Crippen MR) is 77.8 cm³/mol. The van der Waals surface area contributed by atoms with E-state index in [-0.39, 0.29) is 17.6 Å². The minimum absolute atomic E-state index is 0.0775. The molecule has 0 amide bonds. The Kier molecular flexibility index (Phi) is 6.08. The SMILES string of the molecule is CCOC(C(Cc1cccc(F)c1F)NC)C(C)(C)C. The van der Waals surface area contributed by atoms with E-state index in [0.29, 0.717) is 18.6 Å². The van der Waals surface area contributed by atoms with E-state index in [4.69, 9.17) is 4.74 Å². The van der Waals surface area contributed by atoms with Gasteiger partial charge in [-0.1, -0.05) is 32.9 Å². The molecule has 1 rings (SSSR count). The molecule has 0 aliphatic rings. The van der Waals surface area contributed by atoms with Gasteiger partial charge in [-0.3, -0.25) is 0 Å². The molecule has 0 bridgehead atoms. The Labute approximate surface area is 120 Å². The second-order valence-corrected chi connectivity index (χ2v) is 6.05. The molecule has 0 saturated carbocycles. The van der Waals surface area contributed by atoms with Crippen LogP contribution in [0.1, 0.15) is 33.3 Å². The summed E-state index contributed by atoms with van der Waals surface area (Å²) in [5, 5.41) is 3.17. The maximum absolute atomic E-state index is 13.8. The van der Waals surface area contributed by atoms with Gasteiger partial charge in [-0.05, 0) is 37.4 Å². The van der Waals surface area contributed by atoms with E-state index in [0.717, 1.165) is 6.07 Å². The fourth-order valence-corrected chi connectivity index (χ4v) is 2.45. The summed E-state index contributed by atoms with van der Waals surface area (Å²) >= 11 is 0. The lowest BCUT2D eigenvalue weighted by Crippen LogP contribution is -2.48. The first-order valence-corrected chi connectivity index (χ1v) is 7.03. The number of likely N-dealkylation sites (N-methyl/N-ethyl adjacent to an activating group) is 1. The Morgan fingerprint density at radius 1 is 1.25 bits per heavy atom. The van der Waals surface area contributed by atoms with Crippen molar-refractivity contribution < 1.29 is 13.5 Å². The van der Waals surface area contributed by atoms with Crippen molar-refractivity contribution >= 4 is 0 Å². The third-order valence-electron chi connectivity index (χ3n) is 3.41. The minimum Gasteiger partial charge on any atom is -0.376 e. The highest BCUT2D eigenvalue weighted by Crippen LogP contribution is 2.27. The molecule has 4 heteroatoms. The van der Waals surface area contributed by atoms with Gasteiger partial charge in [0.25, 0.3) is 0 Å². The Morgan fingerprint density at radius 2 is 1.90 bits per heavy atom. The standard InChI is InChI=1S/C16H25F2NO/c1-6-20-15(16(2,3)4)13(19-5)10-11-8-7-9-12(17)14(11)18/h7-9,13,15,19H,6,10H2,1-5H3. The van der Waals surface area contributed by atoms with E-state index in [1.54, 1.807) is 6.07 Å². The van der Waals surface area contributed by atoms with E-state index in [1.807, 2.05) is 14.0 Å². The zero-order valence-corrected chi connectivity index (χ0v) is 13.0. The van der Waals surface area contributed by atoms with Crippen LogP contribution >= 0.6 is 0 Å². The van der Waals surface area contributed by atoms with Crippen LogP contribution in [0, 0.1) is 17.0 Å². The average Bonchev–Trinajstić information content (AvgIpc) is 2.37. The van der Waals surface area contributed by atoms with Crippen molar-refractivity contribution in [2.24, 2.45) is 5.41 Å². The Hall–Kier alpha value is -1.00. The van der Waals surface area contributed by atoms with Crippen molar-refractivity contribution in [3.8, 4) is 0 Å². The third kappa shape index (κ3) is 4.25. The van der Waals surface area contributed by atoms with Gasteiger partial charge in [0.1, 0.15) is 0 Å². The van der Waals surface area contributed by atoms with Gasteiger partial charge in [0.2, 0.25) is 0 Å². The first-order chi connectivity index (χ1) is 9.31. The molecule has 0 aromatic heterocycles. The lowest BCUT2D eigenvalue weighted by atomic mass is 9.82. The zero-order valence-electron chi connectivity index (χ0n) is 13.0. The summed E-state index contributed by atoms with van der Waals surface area (Å²) in [6.07, 6.45) is 0.308. The number of rotatable bonds is 6. The fraction of sp³-hybridized carbons (Fsp3) is 0.625. The minimum atomic E-state index is -0.805. The largest absolute Gasteiger partial charge is 0.376 e. The summed E-state index contributed by atoms with van der Waals surface area (Å²) in [4.78, 5) is 0. The molecule has 0 aliphatic heterocycles. The maximum Gasteiger partial charge on any atom is 0.162 e. The molecular weight excluding hydrogens is 260 g/mol. The van der Waals surface area contributed by atoms with Crippen molar-refractivity contribution in [2.45, 2.75) is 46.3 Å². The van der Waals surface area contributed by atoms with Crippen LogP contribution in [0.4, 0.5) is 8.78 Å². The number of hydrogen-bond donors (Lipinski definition) is 1. The van der Waals surface area contributed by atoms with Crippen LogP contribution in [0.5, 0.6) is 0 Å².